The minimum atomic E-state index is -0.216. The molecule has 0 bridgehead atoms. The summed E-state index contributed by atoms with van der Waals surface area (Å²) in [7, 11) is 0. The van der Waals surface area contributed by atoms with Crippen molar-refractivity contribution < 1.29 is 0 Å². The Balaban J connectivity index is 2.34. The highest BCUT2D eigenvalue weighted by Crippen LogP contribution is 2.25. The van der Waals surface area contributed by atoms with Crippen LogP contribution in [-0.2, 0) is 0 Å². The summed E-state index contributed by atoms with van der Waals surface area (Å²) in [5.41, 5.74) is 0.871. The molecule has 0 aliphatic heterocycles. The smallest absolute Gasteiger partial charge is 0.211 e. The van der Waals surface area contributed by atoms with Crippen molar-refractivity contribution in [2.45, 2.75) is 17.3 Å². The number of nitrogen functional groups attached to an aromatic ring is 1. The summed E-state index contributed by atoms with van der Waals surface area (Å²) >= 11 is 4.68. The molecule has 5 nitrogen and oxygen atoms in total. The van der Waals surface area contributed by atoms with Crippen LogP contribution in [0.25, 0.3) is 11.4 Å². The van der Waals surface area contributed by atoms with Gasteiger partial charge in [0, 0.05) is 10.0 Å². The van der Waals surface area contributed by atoms with Crippen molar-refractivity contribution in [1.82, 2.24) is 14.9 Å². The Hall–Kier alpha value is -1.52. The standard InChI is InChI=1S/C11H10BrN5S/c1-7(6-13)18-11-16-15-10(17(11)14)8-3-2-4-9(12)5-8/h2-5,7H,14H2,1H3/t7-/m1/s1. The van der Waals surface area contributed by atoms with Gasteiger partial charge in [0.2, 0.25) is 5.16 Å². The lowest BCUT2D eigenvalue weighted by Crippen LogP contribution is -2.12. The lowest BCUT2D eigenvalue weighted by Gasteiger charge is -2.04. The number of nitriles is 1. The van der Waals surface area contributed by atoms with Crippen LogP contribution in [0.5, 0.6) is 0 Å². The van der Waals surface area contributed by atoms with Gasteiger partial charge in [-0.1, -0.05) is 39.8 Å². The fourth-order valence-corrected chi connectivity index (χ4v) is 2.42. The van der Waals surface area contributed by atoms with Gasteiger partial charge in [0.05, 0.1) is 11.3 Å². The molecule has 1 aromatic heterocycles. The third kappa shape index (κ3) is 2.66. The number of halogens is 1. The predicted molar refractivity (Wildman–Crippen MR) is 74.2 cm³/mol. The zero-order chi connectivity index (χ0) is 13.1. The van der Waals surface area contributed by atoms with Gasteiger partial charge in [0.1, 0.15) is 0 Å². The van der Waals surface area contributed by atoms with Crippen LogP contribution in [-0.4, -0.2) is 20.1 Å². The van der Waals surface area contributed by atoms with Crippen molar-refractivity contribution in [1.29, 1.82) is 5.26 Å². The molecule has 18 heavy (non-hydrogen) atoms. The number of hydrogen-bond donors (Lipinski definition) is 1. The summed E-state index contributed by atoms with van der Waals surface area (Å²) in [6.45, 7) is 1.79. The van der Waals surface area contributed by atoms with Crippen molar-refractivity contribution in [3.8, 4) is 17.5 Å². The third-order valence-corrected chi connectivity index (χ3v) is 3.65. The number of nitrogens with zero attached hydrogens (tertiary/aromatic N) is 4. The summed E-state index contributed by atoms with van der Waals surface area (Å²) in [5, 5.41) is 17.1. The van der Waals surface area contributed by atoms with Gasteiger partial charge in [-0.3, -0.25) is 0 Å². The molecular formula is C11H10BrN5S. The van der Waals surface area contributed by atoms with E-state index in [1.54, 1.807) is 6.92 Å². The quantitative estimate of drug-likeness (QED) is 0.693. The molecule has 0 aliphatic rings. The Labute approximate surface area is 117 Å². The maximum absolute atomic E-state index is 8.77. The molecule has 2 rings (SSSR count). The summed E-state index contributed by atoms with van der Waals surface area (Å²) in [6, 6.07) is 9.76. The van der Waals surface area contributed by atoms with Crippen molar-refractivity contribution >= 4 is 27.7 Å². The number of nitrogens with two attached hydrogens (primary N) is 1. The molecule has 0 spiro atoms. The molecule has 0 radical (unpaired) electrons. The Bertz CT molecular complexity index is 604. The molecule has 92 valence electrons. The summed E-state index contributed by atoms with van der Waals surface area (Å²) in [6.07, 6.45) is 0. The van der Waals surface area contributed by atoms with Crippen LogP contribution in [0.3, 0.4) is 0 Å². The minimum Gasteiger partial charge on any atom is -0.335 e. The molecule has 2 aromatic rings. The van der Waals surface area contributed by atoms with Gasteiger partial charge < -0.3 is 5.84 Å². The molecule has 0 saturated heterocycles. The Morgan fingerprint density at radius 3 is 2.94 bits per heavy atom. The SMILES string of the molecule is C[C@H](C#N)Sc1nnc(-c2cccc(Br)c2)n1N. The third-order valence-electron chi connectivity index (χ3n) is 2.21. The molecular weight excluding hydrogens is 314 g/mol. The minimum absolute atomic E-state index is 0.216. The molecule has 0 amide bonds. The van der Waals surface area contributed by atoms with E-state index in [1.807, 2.05) is 24.3 Å². The van der Waals surface area contributed by atoms with E-state index in [2.05, 4.69) is 32.2 Å². The second kappa shape index (κ2) is 5.42. The summed E-state index contributed by atoms with van der Waals surface area (Å²) in [4.78, 5) is 0. The molecule has 1 aromatic carbocycles. The van der Waals surface area contributed by atoms with Crippen LogP contribution in [0.1, 0.15) is 6.92 Å². The molecule has 7 heteroatoms. The first-order valence-corrected chi connectivity index (χ1v) is 6.82. The number of rotatable bonds is 3. The van der Waals surface area contributed by atoms with E-state index >= 15 is 0 Å². The topological polar surface area (TPSA) is 80.5 Å². The van der Waals surface area contributed by atoms with Crippen LogP contribution in [0.2, 0.25) is 0 Å². The highest BCUT2D eigenvalue weighted by atomic mass is 79.9. The maximum atomic E-state index is 8.77. The zero-order valence-electron chi connectivity index (χ0n) is 9.54. The first-order chi connectivity index (χ1) is 8.61. The van der Waals surface area contributed by atoms with E-state index in [0.717, 1.165) is 10.0 Å². The fraction of sp³-hybridized carbons (Fsp3) is 0.182. The number of aromatic nitrogens is 3. The van der Waals surface area contributed by atoms with Gasteiger partial charge >= 0.3 is 0 Å². The highest BCUT2D eigenvalue weighted by molar-refractivity contribution is 9.10. The normalized spacial score (nSPS) is 12.1. The lowest BCUT2D eigenvalue weighted by molar-refractivity contribution is 0.847. The summed E-state index contributed by atoms with van der Waals surface area (Å²) in [5.74, 6) is 6.51. The monoisotopic (exact) mass is 323 g/mol. The first kappa shape index (κ1) is 12.9. The molecule has 1 heterocycles. The van der Waals surface area contributed by atoms with Gasteiger partial charge in [-0.2, -0.15) is 5.26 Å². The fourth-order valence-electron chi connectivity index (χ4n) is 1.37. The second-order valence-corrected chi connectivity index (χ2v) is 5.80. The highest BCUT2D eigenvalue weighted by Gasteiger charge is 2.14. The van der Waals surface area contributed by atoms with Gasteiger partial charge in [0.15, 0.2) is 5.82 Å². The largest absolute Gasteiger partial charge is 0.335 e. The van der Waals surface area contributed by atoms with Gasteiger partial charge in [0.25, 0.3) is 0 Å². The zero-order valence-corrected chi connectivity index (χ0v) is 11.9. The molecule has 2 N–H and O–H groups in total. The number of benzene rings is 1. The Kier molecular flexibility index (Phi) is 3.89. The van der Waals surface area contributed by atoms with Crippen LogP contribution < -0.4 is 5.84 Å². The van der Waals surface area contributed by atoms with Crippen LogP contribution in [0.4, 0.5) is 0 Å². The van der Waals surface area contributed by atoms with Crippen LogP contribution >= 0.6 is 27.7 Å². The second-order valence-electron chi connectivity index (χ2n) is 3.58. The van der Waals surface area contributed by atoms with Crippen LogP contribution in [0.15, 0.2) is 33.9 Å². The van der Waals surface area contributed by atoms with Crippen molar-refractivity contribution in [3.05, 3.63) is 28.7 Å². The lowest BCUT2D eigenvalue weighted by atomic mass is 10.2. The van der Waals surface area contributed by atoms with E-state index < -0.39 is 0 Å². The number of hydrogen-bond acceptors (Lipinski definition) is 5. The van der Waals surface area contributed by atoms with Crippen molar-refractivity contribution in [3.63, 3.8) is 0 Å². The molecule has 0 unspecified atom stereocenters. The van der Waals surface area contributed by atoms with Gasteiger partial charge in [-0.05, 0) is 19.1 Å². The van der Waals surface area contributed by atoms with E-state index in [9.17, 15) is 0 Å². The van der Waals surface area contributed by atoms with Crippen molar-refractivity contribution in [2.24, 2.45) is 0 Å². The average molecular weight is 324 g/mol. The molecule has 0 aliphatic carbocycles. The van der Waals surface area contributed by atoms with Crippen LogP contribution in [0, 0.1) is 11.3 Å². The van der Waals surface area contributed by atoms with E-state index in [-0.39, 0.29) is 5.25 Å². The average Bonchev–Trinajstić information content (AvgIpc) is 2.71. The Morgan fingerprint density at radius 1 is 1.50 bits per heavy atom. The Morgan fingerprint density at radius 2 is 2.28 bits per heavy atom. The maximum Gasteiger partial charge on any atom is 0.211 e. The van der Waals surface area contributed by atoms with Gasteiger partial charge in [-0.25, -0.2) is 4.68 Å². The molecule has 0 saturated carbocycles. The summed E-state index contributed by atoms with van der Waals surface area (Å²) < 4.78 is 2.35. The first-order valence-electron chi connectivity index (χ1n) is 5.14. The number of thioether (sulfide) groups is 1. The van der Waals surface area contributed by atoms with Crippen molar-refractivity contribution in [2.75, 3.05) is 5.84 Å². The predicted octanol–water partition coefficient (Wildman–Crippen LogP) is 2.43. The van der Waals surface area contributed by atoms with E-state index in [4.69, 9.17) is 11.1 Å². The molecule has 1 atom stereocenters. The van der Waals surface area contributed by atoms with E-state index in [0.29, 0.717) is 11.0 Å². The molecule has 0 fully saturated rings. The van der Waals surface area contributed by atoms with E-state index in [1.165, 1.54) is 16.4 Å². The van der Waals surface area contributed by atoms with Gasteiger partial charge in [-0.15, -0.1) is 10.2 Å².